The normalized spacial score (nSPS) is 13.9. The lowest BCUT2D eigenvalue weighted by molar-refractivity contribution is -0.286. The van der Waals surface area contributed by atoms with Crippen LogP contribution in [-0.2, 0) is 12.7 Å². The minimum Gasteiger partial charge on any atom is -0.401 e. The fourth-order valence-electron chi connectivity index (χ4n) is 4.64. The molecule has 0 saturated heterocycles. The van der Waals surface area contributed by atoms with E-state index >= 15 is 0 Å². The maximum atomic E-state index is 13.8. The van der Waals surface area contributed by atoms with Crippen molar-refractivity contribution >= 4 is 22.5 Å². The highest BCUT2D eigenvalue weighted by molar-refractivity contribution is 6.32. The van der Waals surface area contributed by atoms with Crippen molar-refractivity contribution < 1.29 is 35.8 Å². The van der Waals surface area contributed by atoms with Crippen molar-refractivity contribution in [3.05, 3.63) is 87.0 Å². The van der Waals surface area contributed by atoms with E-state index in [0.29, 0.717) is 11.1 Å². The van der Waals surface area contributed by atoms with Crippen molar-refractivity contribution in [2.75, 3.05) is 0 Å². The Kier molecular flexibility index (Phi) is 6.33. The van der Waals surface area contributed by atoms with E-state index in [1.165, 1.54) is 35.1 Å². The molecule has 0 unspecified atom stereocenters. The number of tetrazole rings is 1. The third kappa shape index (κ3) is 5.09. The van der Waals surface area contributed by atoms with E-state index in [1.807, 2.05) is 0 Å². The Morgan fingerprint density at radius 2 is 1.82 bits per heavy atom. The second-order valence-electron chi connectivity index (χ2n) is 9.68. The minimum atomic E-state index is -4.49. The van der Waals surface area contributed by atoms with Crippen molar-refractivity contribution in [3.8, 4) is 40.3 Å². The first-order chi connectivity index (χ1) is 21.4. The van der Waals surface area contributed by atoms with E-state index in [4.69, 9.17) is 16.0 Å². The highest BCUT2D eigenvalue weighted by Crippen LogP contribution is 2.45. The van der Waals surface area contributed by atoms with Gasteiger partial charge in [-0.15, -0.1) is 19.0 Å². The lowest BCUT2D eigenvalue weighted by Gasteiger charge is -2.09. The average molecular weight is 645 g/mol. The van der Waals surface area contributed by atoms with Gasteiger partial charge in [-0.1, -0.05) is 23.7 Å². The number of benzene rings is 2. The molecule has 0 saturated carbocycles. The summed E-state index contributed by atoms with van der Waals surface area (Å²) in [5, 5.41) is 16.5. The molecule has 0 N–H and O–H groups in total. The van der Waals surface area contributed by atoms with Crippen LogP contribution < -0.4 is 15.1 Å². The smallest absolute Gasteiger partial charge is 0.401 e. The summed E-state index contributed by atoms with van der Waals surface area (Å²) in [5.41, 5.74) is -0.818. The van der Waals surface area contributed by atoms with Crippen LogP contribution in [0.5, 0.6) is 11.5 Å². The molecule has 5 heterocycles. The molecule has 0 atom stereocenters. The van der Waals surface area contributed by atoms with E-state index in [0.717, 1.165) is 16.9 Å². The van der Waals surface area contributed by atoms with Crippen LogP contribution >= 0.6 is 11.6 Å². The quantitative estimate of drug-likeness (QED) is 0.223. The monoisotopic (exact) mass is 644 g/mol. The van der Waals surface area contributed by atoms with Gasteiger partial charge in [0.1, 0.15) is 17.6 Å². The third-order valence-electron chi connectivity index (χ3n) is 6.61. The largest absolute Gasteiger partial charge is 0.586 e. The van der Waals surface area contributed by atoms with E-state index < -0.39 is 29.4 Å². The minimum absolute atomic E-state index is 0.0156. The highest BCUT2D eigenvalue weighted by atomic mass is 35.5. The zero-order valence-electron chi connectivity index (χ0n) is 22.4. The fraction of sp³-hybridized carbons (Fsp3) is 0.148. The van der Waals surface area contributed by atoms with Crippen LogP contribution in [0.2, 0.25) is 5.02 Å². The first-order valence-corrected chi connectivity index (χ1v) is 13.1. The zero-order valence-corrected chi connectivity index (χ0v) is 23.1. The molecular weight excluding hydrogens is 631 g/mol. The van der Waals surface area contributed by atoms with Crippen LogP contribution in [0.15, 0.2) is 63.9 Å². The number of rotatable bonds is 5. The number of halogens is 6. The molecule has 0 amide bonds. The summed E-state index contributed by atoms with van der Waals surface area (Å²) in [6.07, 6.45) is -7.01. The number of hydrogen-bond donors (Lipinski definition) is 0. The van der Waals surface area contributed by atoms with Gasteiger partial charge < -0.3 is 13.9 Å². The number of ether oxygens (including phenoxy) is 2. The molecule has 18 heteroatoms. The molecule has 45 heavy (non-hydrogen) atoms. The Bertz CT molecular complexity index is 2180. The number of alkyl halides is 5. The maximum Gasteiger partial charge on any atom is 0.586 e. The van der Waals surface area contributed by atoms with E-state index in [2.05, 4.69) is 40.0 Å². The summed E-state index contributed by atoms with van der Waals surface area (Å²) in [6, 6.07) is 10.2. The Morgan fingerprint density at radius 1 is 1.04 bits per heavy atom. The Morgan fingerprint density at radius 3 is 2.56 bits per heavy atom. The summed E-state index contributed by atoms with van der Waals surface area (Å²) in [4.78, 5) is 23.0. The molecule has 4 aromatic heterocycles. The van der Waals surface area contributed by atoms with Gasteiger partial charge in [0.15, 0.2) is 17.3 Å². The predicted molar refractivity (Wildman–Crippen MR) is 144 cm³/mol. The summed E-state index contributed by atoms with van der Waals surface area (Å²) in [5.74, 6) is -0.882. The van der Waals surface area contributed by atoms with Crippen LogP contribution in [0.1, 0.15) is 16.8 Å². The van der Waals surface area contributed by atoms with Crippen molar-refractivity contribution in [2.24, 2.45) is 0 Å². The lowest BCUT2D eigenvalue weighted by Crippen LogP contribution is -2.26. The number of hydrogen-bond acceptors (Lipinski definition) is 10. The average Bonchev–Trinajstić information content (AvgIpc) is 3.69. The van der Waals surface area contributed by atoms with Crippen molar-refractivity contribution in [1.29, 1.82) is 0 Å². The molecular formula is C27H14ClF5N8O4. The zero-order chi connectivity index (χ0) is 31.7. The molecule has 1 aliphatic heterocycles. The number of aromatic nitrogens is 8. The summed E-state index contributed by atoms with van der Waals surface area (Å²) in [7, 11) is 0. The van der Waals surface area contributed by atoms with E-state index in [-0.39, 0.29) is 57.1 Å². The fourth-order valence-corrected chi connectivity index (χ4v) is 4.84. The number of aryl methyl sites for hydroxylation is 1. The summed E-state index contributed by atoms with van der Waals surface area (Å²) < 4.78 is 82.2. The second kappa shape index (κ2) is 10.0. The van der Waals surface area contributed by atoms with Gasteiger partial charge >= 0.3 is 18.1 Å². The molecule has 0 bridgehead atoms. The molecule has 2 aromatic carbocycles. The van der Waals surface area contributed by atoms with Crippen LogP contribution in [0.25, 0.3) is 39.7 Å². The molecule has 0 fully saturated rings. The van der Waals surface area contributed by atoms with E-state index in [1.54, 1.807) is 19.1 Å². The maximum absolute atomic E-state index is 13.8. The van der Waals surface area contributed by atoms with Gasteiger partial charge in [0, 0.05) is 11.8 Å². The third-order valence-corrected chi connectivity index (χ3v) is 6.91. The first kappa shape index (κ1) is 28.3. The molecule has 0 aliphatic carbocycles. The molecule has 7 rings (SSSR count). The SMILES string of the molecule is Cc1cc2c(c3c(=O)oc(-c4cc(Cn5nnc(-c6ccc(C(F)(F)F)cc6)n5)nn4-c4ncccc4Cl)nc13)OC(F)(F)O2. The summed E-state index contributed by atoms with van der Waals surface area (Å²) in [6.45, 7) is 1.45. The van der Waals surface area contributed by atoms with Gasteiger partial charge in [0.05, 0.1) is 21.8 Å². The van der Waals surface area contributed by atoms with Crippen molar-refractivity contribution in [2.45, 2.75) is 25.9 Å². The molecule has 1 aliphatic rings. The summed E-state index contributed by atoms with van der Waals surface area (Å²) >= 11 is 6.39. The van der Waals surface area contributed by atoms with Crippen LogP contribution in [-0.4, -0.2) is 46.3 Å². The highest BCUT2D eigenvalue weighted by Gasteiger charge is 2.45. The first-order valence-electron chi connectivity index (χ1n) is 12.8. The molecule has 228 valence electrons. The Hall–Kier alpha value is -5.45. The van der Waals surface area contributed by atoms with Gasteiger partial charge in [-0.2, -0.15) is 23.1 Å². The van der Waals surface area contributed by atoms with Crippen LogP contribution in [0.4, 0.5) is 22.0 Å². The second-order valence-corrected chi connectivity index (χ2v) is 10.1. The predicted octanol–water partition coefficient (Wildman–Crippen LogP) is 5.44. The molecule has 0 spiro atoms. The van der Waals surface area contributed by atoms with Crippen molar-refractivity contribution in [1.82, 2.24) is 40.0 Å². The molecule has 12 nitrogen and oxygen atoms in total. The van der Waals surface area contributed by atoms with Crippen LogP contribution in [0.3, 0.4) is 0 Å². The molecule has 6 aromatic rings. The van der Waals surface area contributed by atoms with Gasteiger partial charge in [-0.3, -0.25) is 0 Å². The topological polar surface area (TPSA) is 136 Å². The molecule has 0 radical (unpaired) electrons. The lowest BCUT2D eigenvalue weighted by atomic mass is 10.1. The van der Waals surface area contributed by atoms with Gasteiger partial charge in [-0.25, -0.2) is 19.4 Å². The van der Waals surface area contributed by atoms with Gasteiger partial charge in [-0.05, 0) is 54.1 Å². The standard InChI is InChI=1S/C27H14ClF5N8O4/c1-12-9-18-21(45-27(32,33)44-18)19-20(12)35-24(43-25(19)42)17-10-15(37-41(17)23-16(28)3-2-8-34-23)11-40-38-22(36-39-40)13-4-6-14(7-5-13)26(29,30)31/h2-10H,11H2,1H3. The number of nitrogens with zero attached hydrogens (tertiary/aromatic N) is 8. The number of fused-ring (bicyclic) bond motifs is 3. The van der Waals surface area contributed by atoms with Crippen LogP contribution in [0, 0.1) is 6.92 Å². The Balaban J connectivity index is 1.29. The van der Waals surface area contributed by atoms with Gasteiger partial charge in [0.25, 0.3) is 0 Å². The number of pyridine rings is 1. The van der Waals surface area contributed by atoms with Crippen molar-refractivity contribution in [3.63, 3.8) is 0 Å². The van der Waals surface area contributed by atoms with E-state index in [9.17, 15) is 26.7 Å². The Labute approximate surface area is 251 Å². The van der Waals surface area contributed by atoms with Gasteiger partial charge in [0.2, 0.25) is 11.7 Å².